The molecule has 0 N–H and O–H groups in total. The van der Waals surface area contributed by atoms with Gasteiger partial charge in [-0.2, -0.15) is 0 Å². The van der Waals surface area contributed by atoms with Crippen molar-refractivity contribution in [2.75, 3.05) is 19.8 Å². The van der Waals surface area contributed by atoms with Gasteiger partial charge in [0, 0.05) is 36.4 Å². The van der Waals surface area contributed by atoms with Crippen molar-refractivity contribution in [3.8, 4) is 17.1 Å². The quantitative estimate of drug-likeness (QED) is 0.107. The fourth-order valence-electron chi connectivity index (χ4n) is 4.81. The molecule has 0 aromatic carbocycles. The lowest BCUT2D eigenvalue weighted by molar-refractivity contribution is 0.123. The molecule has 0 bridgehead atoms. The predicted octanol–water partition coefficient (Wildman–Crippen LogP) is 7.53. The fraction of sp³-hybridized carbons (Fsp3) is 0.719. The summed E-state index contributed by atoms with van der Waals surface area (Å²) in [4.78, 5) is 4.74. The van der Waals surface area contributed by atoms with Crippen molar-refractivity contribution in [2.24, 2.45) is 11.8 Å². The summed E-state index contributed by atoms with van der Waals surface area (Å²) in [7, 11) is -0.425. The van der Waals surface area contributed by atoms with Gasteiger partial charge in [-0.1, -0.05) is 97.9 Å². The van der Waals surface area contributed by atoms with Crippen LogP contribution in [0.2, 0.25) is 6.04 Å². The van der Waals surface area contributed by atoms with Crippen molar-refractivity contribution in [1.82, 2.24) is 15.2 Å². The first-order valence-corrected chi connectivity index (χ1v) is 17.3. The minimum atomic E-state index is -0.425. The Morgan fingerprint density at radius 2 is 1.45 bits per heavy atom. The highest BCUT2D eigenvalue weighted by molar-refractivity contribution is 6.54. The molecular weight excluding hydrogens is 486 g/mol. The number of aromatic nitrogens is 3. The Morgan fingerprint density at radius 3 is 2.16 bits per heavy atom. The van der Waals surface area contributed by atoms with Crippen LogP contribution in [0.5, 0.6) is 5.88 Å². The molecule has 0 amide bonds. The van der Waals surface area contributed by atoms with E-state index in [0.29, 0.717) is 12.5 Å². The third-order valence-electron chi connectivity index (χ3n) is 7.44. The summed E-state index contributed by atoms with van der Waals surface area (Å²) in [6.45, 7) is 11.7. The van der Waals surface area contributed by atoms with Gasteiger partial charge in [-0.05, 0) is 49.3 Å². The number of hydrogen-bond acceptors (Lipinski definition) is 5. The van der Waals surface area contributed by atoms with Gasteiger partial charge in [0.25, 0.3) is 0 Å². The summed E-state index contributed by atoms with van der Waals surface area (Å²) in [5, 5.41) is 10.0. The summed E-state index contributed by atoms with van der Waals surface area (Å²) in [5.74, 6) is 2.33. The van der Waals surface area contributed by atoms with Gasteiger partial charge in [0.15, 0.2) is 0 Å². The molecule has 0 aliphatic rings. The molecule has 0 saturated carbocycles. The van der Waals surface area contributed by atoms with Crippen LogP contribution in [0, 0.1) is 11.8 Å². The molecule has 38 heavy (non-hydrogen) atoms. The van der Waals surface area contributed by atoms with Crippen LogP contribution < -0.4 is 10.1 Å². The Bertz CT molecular complexity index is 834. The van der Waals surface area contributed by atoms with Crippen LogP contribution in [0.4, 0.5) is 0 Å². The van der Waals surface area contributed by atoms with Crippen LogP contribution in [0.15, 0.2) is 30.5 Å². The van der Waals surface area contributed by atoms with Gasteiger partial charge in [0.1, 0.15) is 0 Å². The molecule has 214 valence electrons. The molecule has 0 aliphatic heterocycles. The zero-order valence-corrected chi connectivity index (χ0v) is 26.3. The van der Waals surface area contributed by atoms with Gasteiger partial charge >= 0.3 is 0 Å². The molecule has 0 aliphatic carbocycles. The molecule has 2 aromatic heterocycles. The third kappa shape index (κ3) is 14.4. The van der Waals surface area contributed by atoms with Crippen LogP contribution in [-0.4, -0.2) is 44.5 Å². The maximum atomic E-state index is 5.78. The predicted molar refractivity (Wildman–Crippen MR) is 164 cm³/mol. The van der Waals surface area contributed by atoms with Crippen LogP contribution >= 0.6 is 0 Å². The van der Waals surface area contributed by atoms with Gasteiger partial charge in [0.2, 0.25) is 5.88 Å². The third-order valence-corrected chi connectivity index (χ3v) is 9.34. The topological polar surface area (TPSA) is 57.1 Å². The highest BCUT2D eigenvalue weighted by Crippen LogP contribution is 2.22. The van der Waals surface area contributed by atoms with E-state index in [2.05, 4.69) is 44.0 Å². The Balaban J connectivity index is 1.66. The van der Waals surface area contributed by atoms with E-state index in [-0.39, 0.29) is 0 Å². The van der Waals surface area contributed by atoms with E-state index in [1.54, 1.807) is 0 Å². The van der Waals surface area contributed by atoms with Crippen molar-refractivity contribution in [1.29, 1.82) is 0 Å². The summed E-state index contributed by atoms with van der Waals surface area (Å²) in [6, 6.07) is 9.41. The Hall–Kier alpha value is -1.79. The molecule has 2 aromatic rings. The number of unbranched alkanes of at least 4 members (excludes halogenated alkanes) is 5. The molecule has 0 radical (unpaired) electrons. The molecule has 2 heterocycles. The van der Waals surface area contributed by atoms with Gasteiger partial charge in [0.05, 0.1) is 21.8 Å². The van der Waals surface area contributed by atoms with Crippen molar-refractivity contribution >= 4 is 14.8 Å². The van der Waals surface area contributed by atoms with E-state index < -0.39 is 9.52 Å². The maximum absolute atomic E-state index is 5.78. The highest BCUT2D eigenvalue weighted by Gasteiger charge is 2.10. The largest absolute Gasteiger partial charge is 0.477 e. The zero-order valence-electron chi connectivity index (χ0n) is 24.9. The highest BCUT2D eigenvalue weighted by atomic mass is 28.2. The molecule has 2 unspecified atom stereocenters. The van der Waals surface area contributed by atoms with E-state index in [4.69, 9.17) is 14.5 Å². The second kappa shape index (κ2) is 21.1. The minimum Gasteiger partial charge on any atom is -0.477 e. The molecule has 0 fully saturated rings. The van der Waals surface area contributed by atoms with Crippen molar-refractivity contribution in [3.63, 3.8) is 0 Å². The second-order valence-electron chi connectivity index (χ2n) is 11.2. The summed E-state index contributed by atoms with van der Waals surface area (Å²) in [5.41, 5.74) is 2.05. The van der Waals surface area contributed by atoms with E-state index in [0.717, 1.165) is 55.6 Å². The second-order valence-corrected chi connectivity index (χ2v) is 13.0. The first-order chi connectivity index (χ1) is 18.6. The Morgan fingerprint density at radius 1 is 0.737 bits per heavy atom. The zero-order chi connectivity index (χ0) is 27.3. The monoisotopic (exact) mass is 541 g/mol. The SMILES string of the molecule is CCCCCC(C)CCC(C)CCCC[SiH2]c1ncccc1-c1ccc(OCCCCOCCCC)nn1. The van der Waals surface area contributed by atoms with Gasteiger partial charge in [-0.3, -0.25) is 4.98 Å². The van der Waals surface area contributed by atoms with Crippen molar-refractivity contribution < 1.29 is 9.47 Å². The van der Waals surface area contributed by atoms with Crippen LogP contribution in [0.3, 0.4) is 0 Å². The average Bonchev–Trinajstić information content (AvgIpc) is 2.94. The molecule has 0 saturated heterocycles. The minimum absolute atomic E-state index is 0.425. The van der Waals surface area contributed by atoms with E-state index >= 15 is 0 Å². The number of ether oxygens (including phenoxy) is 2. The summed E-state index contributed by atoms with van der Waals surface area (Å²) < 4.78 is 11.4. The van der Waals surface area contributed by atoms with Gasteiger partial charge in [-0.15, -0.1) is 10.2 Å². The number of rotatable bonds is 23. The number of pyridine rings is 1. The Labute approximate surface area is 235 Å². The first kappa shape index (κ1) is 32.4. The Kier molecular flexibility index (Phi) is 18.0. The summed E-state index contributed by atoms with van der Waals surface area (Å²) in [6.07, 6.45) is 18.6. The van der Waals surface area contributed by atoms with E-state index in [9.17, 15) is 0 Å². The van der Waals surface area contributed by atoms with Gasteiger partial charge in [-0.25, -0.2) is 0 Å². The van der Waals surface area contributed by atoms with Crippen LogP contribution in [-0.2, 0) is 4.74 Å². The van der Waals surface area contributed by atoms with E-state index in [1.807, 2.05) is 24.4 Å². The lowest BCUT2D eigenvalue weighted by atomic mass is 9.91. The molecular formula is C32H55N3O2Si. The number of nitrogens with zero attached hydrogens (tertiary/aromatic N) is 3. The van der Waals surface area contributed by atoms with Crippen LogP contribution in [0.1, 0.15) is 111 Å². The molecule has 5 nitrogen and oxygen atoms in total. The fourth-order valence-corrected chi connectivity index (χ4v) is 6.55. The lowest BCUT2D eigenvalue weighted by Crippen LogP contribution is -2.21. The molecule has 2 rings (SSSR count). The normalized spacial score (nSPS) is 13.3. The van der Waals surface area contributed by atoms with E-state index in [1.165, 1.54) is 75.6 Å². The maximum Gasteiger partial charge on any atom is 0.233 e. The molecule has 2 atom stereocenters. The van der Waals surface area contributed by atoms with Crippen LogP contribution in [0.25, 0.3) is 11.3 Å². The summed E-state index contributed by atoms with van der Waals surface area (Å²) >= 11 is 0. The smallest absolute Gasteiger partial charge is 0.233 e. The lowest BCUT2D eigenvalue weighted by Gasteiger charge is -2.15. The van der Waals surface area contributed by atoms with Crippen molar-refractivity contribution in [2.45, 2.75) is 117 Å². The average molecular weight is 542 g/mol. The number of hydrogen-bond donors (Lipinski definition) is 0. The molecule has 0 spiro atoms. The molecule has 6 heteroatoms. The first-order valence-electron chi connectivity index (χ1n) is 15.6. The van der Waals surface area contributed by atoms with Crippen molar-refractivity contribution in [3.05, 3.63) is 30.5 Å². The van der Waals surface area contributed by atoms with Gasteiger partial charge < -0.3 is 9.47 Å². The standard InChI is InChI=1S/C32H55N3O2Si/c1-5-7-9-15-27(3)18-19-28(4)16-10-13-26-38-32-29(17-14-22-33-32)30-20-21-31(35-34-30)37-25-12-11-24-36-23-8-6-2/h14,17,20-22,27-28H,5-13,15-16,18-19,23-26,38H2,1-4H3.